The lowest BCUT2D eigenvalue weighted by Crippen LogP contribution is -2.35. The van der Waals surface area contributed by atoms with E-state index >= 15 is 0 Å². The Balaban J connectivity index is 1.99. The highest BCUT2D eigenvalue weighted by atomic mass is 35.5. The number of nitrogens with two attached hydrogens (primary N) is 1. The predicted octanol–water partition coefficient (Wildman–Crippen LogP) is 3.38. The van der Waals surface area contributed by atoms with E-state index in [-0.39, 0.29) is 16.7 Å². The molecule has 2 aromatic carbocycles. The average molecular weight is 321 g/mol. The lowest BCUT2D eigenvalue weighted by molar-refractivity contribution is 0.0987. The zero-order valence-corrected chi connectivity index (χ0v) is 12.6. The van der Waals surface area contributed by atoms with Gasteiger partial charge in [-0.15, -0.1) is 11.8 Å². The molecule has 0 atom stereocenters. The molecule has 0 fully saturated rings. The number of amides is 1. The summed E-state index contributed by atoms with van der Waals surface area (Å²) in [7, 11) is 0. The largest absolute Gasteiger partial charge is 0.506 e. The van der Waals surface area contributed by atoms with Crippen LogP contribution in [0.1, 0.15) is 10.4 Å². The summed E-state index contributed by atoms with van der Waals surface area (Å²) in [5.74, 6) is 0.644. The summed E-state index contributed by atoms with van der Waals surface area (Å²) in [6, 6.07) is 10.0. The second-order valence-electron chi connectivity index (χ2n) is 4.70. The first kappa shape index (κ1) is 14.1. The number of carbonyl (C=O) groups excluding carboxylic acids is 1. The van der Waals surface area contributed by atoms with Gasteiger partial charge in [-0.25, -0.2) is 0 Å². The van der Waals surface area contributed by atoms with Gasteiger partial charge in [0.2, 0.25) is 0 Å². The average Bonchev–Trinajstić information content (AvgIpc) is 2.48. The van der Waals surface area contributed by atoms with E-state index in [0.29, 0.717) is 17.8 Å². The molecule has 3 rings (SSSR count). The first-order valence-corrected chi connectivity index (χ1v) is 7.75. The van der Waals surface area contributed by atoms with E-state index in [2.05, 4.69) is 0 Å². The maximum atomic E-state index is 12.7. The number of nitrogen functional groups attached to an aromatic ring is 1. The quantitative estimate of drug-likeness (QED) is 0.790. The van der Waals surface area contributed by atoms with Gasteiger partial charge in [0.25, 0.3) is 5.91 Å². The fourth-order valence-corrected chi connectivity index (χ4v) is 3.40. The van der Waals surface area contributed by atoms with Gasteiger partial charge in [0.15, 0.2) is 0 Å². The Kier molecular flexibility index (Phi) is 3.69. The van der Waals surface area contributed by atoms with Crippen LogP contribution in [0.15, 0.2) is 41.3 Å². The number of thioether (sulfide) groups is 1. The van der Waals surface area contributed by atoms with Crippen LogP contribution >= 0.6 is 23.4 Å². The molecule has 1 aliphatic rings. The Labute approximate surface area is 131 Å². The molecule has 4 nitrogen and oxygen atoms in total. The SMILES string of the molecule is Nc1ccc2c(c1)N(C(=O)c1ccc(O)c(Cl)c1)CCS2. The van der Waals surface area contributed by atoms with E-state index in [1.807, 2.05) is 12.1 Å². The van der Waals surface area contributed by atoms with Crippen molar-refractivity contribution in [2.45, 2.75) is 4.90 Å². The lowest BCUT2D eigenvalue weighted by atomic mass is 10.1. The maximum absolute atomic E-state index is 12.7. The molecule has 0 unspecified atom stereocenters. The number of fused-ring (bicyclic) bond motifs is 1. The monoisotopic (exact) mass is 320 g/mol. The van der Waals surface area contributed by atoms with Crippen molar-refractivity contribution < 1.29 is 9.90 Å². The van der Waals surface area contributed by atoms with Crippen molar-refractivity contribution in [1.29, 1.82) is 0 Å². The number of hydrogen-bond donors (Lipinski definition) is 2. The molecular weight excluding hydrogens is 308 g/mol. The highest BCUT2D eigenvalue weighted by Crippen LogP contribution is 2.37. The van der Waals surface area contributed by atoms with Gasteiger partial charge in [-0.2, -0.15) is 0 Å². The molecule has 0 aromatic heterocycles. The Morgan fingerprint density at radius 3 is 2.86 bits per heavy atom. The predicted molar refractivity (Wildman–Crippen MR) is 86.4 cm³/mol. The second kappa shape index (κ2) is 5.50. The number of aromatic hydroxyl groups is 1. The molecule has 21 heavy (non-hydrogen) atoms. The number of hydrogen-bond acceptors (Lipinski definition) is 4. The van der Waals surface area contributed by atoms with Crippen molar-refractivity contribution in [2.24, 2.45) is 0 Å². The molecule has 1 amide bonds. The van der Waals surface area contributed by atoms with Crippen molar-refractivity contribution in [3.8, 4) is 5.75 Å². The van der Waals surface area contributed by atoms with Crippen LogP contribution in [0.5, 0.6) is 5.75 Å². The van der Waals surface area contributed by atoms with E-state index < -0.39 is 0 Å². The highest BCUT2D eigenvalue weighted by Gasteiger charge is 2.24. The van der Waals surface area contributed by atoms with Crippen LogP contribution in [-0.2, 0) is 0 Å². The van der Waals surface area contributed by atoms with Crippen molar-refractivity contribution in [3.63, 3.8) is 0 Å². The summed E-state index contributed by atoms with van der Waals surface area (Å²) < 4.78 is 0. The van der Waals surface area contributed by atoms with Crippen molar-refractivity contribution in [3.05, 3.63) is 47.0 Å². The van der Waals surface area contributed by atoms with Gasteiger partial charge in [0, 0.05) is 28.4 Å². The number of anilines is 2. The van der Waals surface area contributed by atoms with Gasteiger partial charge in [0.05, 0.1) is 10.7 Å². The van der Waals surface area contributed by atoms with Crippen LogP contribution in [-0.4, -0.2) is 23.3 Å². The topological polar surface area (TPSA) is 66.6 Å². The summed E-state index contributed by atoms with van der Waals surface area (Å²) in [6.07, 6.45) is 0. The van der Waals surface area contributed by atoms with Crippen LogP contribution in [0.3, 0.4) is 0 Å². The Bertz CT molecular complexity index is 721. The third kappa shape index (κ3) is 2.66. The second-order valence-corrected chi connectivity index (χ2v) is 6.24. The number of benzene rings is 2. The number of phenols is 1. The number of phenolic OH excluding ortho intramolecular Hbond substituents is 1. The zero-order chi connectivity index (χ0) is 15.0. The molecule has 3 N–H and O–H groups in total. The van der Waals surface area contributed by atoms with Gasteiger partial charge < -0.3 is 15.7 Å². The first-order chi connectivity index (χ1) is 10.1. The minimum atomic E-state index is -0.149. The third-order valence-corrected chi connectivity index (χ3v) is 4.63. The number of halogens is 1. The summed E-state index contributed by atoms with van der Waals surface area (Å²) in [4.78, 5) is 15.4. The van der Waals surface area contributed by atoms with Gasteiger partial charge in [-0.1, -0.05) is 11.6 Å². The van der Waals surface area contributed by atoms with E-state index in [1.165, 1.54) is 12.1 Å². The summed E-state index contributed by atoms with van der Waals surface area (Å²) >= 11 is 7.58. The molecule has 6 heteroatoms. The normalized spacial score (nSPS) is 13.9. The highest BCUT2D eigenvalue weighted by molar-refractivity contribution is 7.99. The third-order valence-electron chi connectivity index (χ3n) is 3.29. The molecule has 1 heterocycles. The minimum Gasteiger partial charge on any atom is -0.506 e. The van der Waals surface area contributed by atoms with Crippen LogP contribution in [0.4, 0.5) is 11.4 Å². The van der Waals surface area contributed by atoms with Crippen molar-refractivity contribution in [1.82, 2.24) is 0 Å². The molecule has 0 radical (unpaired) electrons. The minimum absolute atomic E-state index is 0.0351. The fraction of sp³-hybridized carbons (Fsp3) is 0.133. The number of rotatable bonds is 1. The van der Waals surface area contributed by atoms with Gasteiger partial charge in [-0.05, 0) is 36.4 Å². The summed E-state index contributed by atoms with van der Waals surface area (Å²) in [5, 5.41) is 9.62. The molecule has 0 spiro atoms. The van der Waals surface area contributed by atoms with Gasteiger partial charge in [0.1, 0.15) is 5.75 Å². The van der Waals surface area contributed by atoms with Crippen LogP contribution in [0.25, 0.3) is 0 Å². The first-order valence-electron chi connectivity index (χ1n) is 6.39. The van der Waals surface area contributed by atoms with Crippen LogP contribution in [0, 0.1) is 0 Å². The Hall–Kier alpha value is -1.85. The molecular formula is C15H13ClN2O2S. The summed E-state index contributed by atoms with van der Waals surface area (Å²) in [5.41, 5.74) is 7.71. The molecule has 0 saturated carbocycles. The number of nitrogens with zero attached hydrogens (tertiary/aromatic N) is 1. The molecule has 108 valence electrons. The van der Waals surface area contributed by atoms with Crippen molar-refractivity contribution in [2.75, 3.05) is 22.9 Å². The Morgan fingerprint density at radius 2 is 2.10 bits per heavy atom. The standard InChI is InChI=1S/C15H13ClN2O2S/c16-11-7-9(1-3-13(11)19)15(20)18-5-6-21-14-4-2-10(17)8-12(14)18/h1-4,7-8,19H,5-6,17H2. The van der Waals surface area contributed by atoms with Crippen molar-refractivity contribution >= 4 is 40.6 Å². The van der Waals surface area contributed by atoms with E-state index in [9.17, 15) is 9.90 Å². The molecule has 0 bridgehead atoms. The fourth-order valence-electron chi connectivity index (χ4n) is 2.24. The van der Waals surface area contributed by atoms with Crippen LogP contribution in [0.2, 0.25) is 5.02 Å². The smallest absolute Gasteiger partial charge is 0.258 e. The molecule has 0 saturated heterocycles. The molecule has 0 aliphatic carbocycles. The van der Waals surface area contributed by atoms with Gasteiger partial charge >= 0.3 is 0 Å². The Morgan fingerprint density at radius 1 is 1.29 bits per heavy atom. The van der Waals surface area contributed by atoms with E-state index in [1.54, 1.807) is 28.8 Å². The maximum Gasteiger partial charge on any atom is 0.258 e. The zero-order valence-electron chi connectivity index (χ0n) is 11.0. The summed E-state index contributed by atoms with van der Waals surface area (Å²) in [6.45, 7) is 0.610. The molecule has 1 aliphatic heterocycles. The van der Waals surface area contributed by atoms with E-state index in [4.69, 9.17) is 17.3 Å². The van der Waals surface area contributed by atoms with Gasteiger partial charge in [-0.3, -0.25) is 4.79 Å². The number of carbonyl (C=O) groups is 1. The lowest BCUT2D eigenvalue weighted by Gasteiger charge is -2.29. The van der Waals surface area contributed by atoms with Crippen LogP contribution < -0.4 is 10.6 Å². The molecule has 2 aromatic rings. The van der Waals surface area contributed by atoms with E-state index in [0.717, 1.165) is 16.3 Å².